The molecule has 0 N–H and O–H groups in total. The van der Waals surface area contributed by atoms with Gasteiger partial charge in [-0.1, -0.05) is 30.3 Å². The van der Waals surface area contributed by atoms with Crippen LogP contribution in [0.5, 0.6) is 0 Å². The fraction of sp³-hybridized carbons (Fsp3) is 0.375. The summed E-state index contributed by atoms with van der Waals surface area (Å²) in [7, 11) is 3.77. The van der Waals surface area contributed by atoms with E-state index in [2.05, 4.69) is 5.10 Å². The van der Waals surface area contributed by atoms with Crippen LogP contribution >= 0.6 is 0 Å². The number of fused-ring (bicyclic) bond motifs is 1. The number of amides is 1. The fourth-order valence-electron chi connectivity index (χ4n) is 2.89. The van der Waals surface area contributed by atoms with Gasteiger partial charge in [-0.2, -0.15) is 5.10 Å². The summed E-state index contributed by atoms with van der Waals surface area (Å²) in [4.78, 5) is 14.3. The third kappa shape index (κ3) is 2.22. The first-order chi connectivity index (χ1) is 9.66. The van der Waals surface area contributed by atoms with Crippen molar-refractivity contribution in [3.05, 3.63) is 52.8 Å². The number of benzene rings is 1. The van der Waals surface area contributed by atoms with Gasteiger partial charge < -0.3 is 4.90 Å². The Kier molecular flexibility index (Phi) is 3.30. The number of rotatable bonds is 3. The van der Waals surface area contributed by atoms with Gasteiger partial charge in [0.15, 0.2) is 5.69 Å². The first-order valence-electron chi connectivity index (χ1n) is 7.01. The molecule has 0 atom stereocenters. The lowest BCUT2D eigenvalue weighted by Crippen LogP contribution is -2.27. The van der Waals surface area contributed by atoms with Crippen LogP contribution in [-0.4, -0.2) is 27.6 Å². The van der Waals surface area contributed by atoms with Crippen molar-refractivity contribution in [2.75, 3.05) is 7.05 Å². The van der Waals surface area contributed by atoms with Crippen molar-refractivity contribution in [2.24, 2.45) is 7.05 Å². The molecule has 0 aliphatic heterocycles. The molecule has 0 spiro atoms. The highest BCUT2D eigenvalue weighted by Crippen LogP contribution is 2.25. The maximum Gasteiger partial charge on any atom is 0.274 e. The number of hydrogen-bond donors (Lipinski definition) is 0. The van der Waals surface area contributed by atoms with Gasteiger partial charge in [-0.05, 0) is 24.8 Å². The molecular formula is C16H19N3O. The normalized spacial score (nSPS) is 13.3. The molecule has 4 nitrogen and oxygen atoms in total. The average Bonchev–Trinajstić information content (AvgIpc) is 3.03. The lowest BCUT2D eigenvalue weighted by Gasteiger charge is -2.16. The van der Waals surface area contributed by atoms with Crippen molar-refractivity contribution in [3.63, 3.8) is 0 Å². The van der Waals surface area contributed by atoms with Crippen molar-refractivity contribution < 1.29 is 4.79 Å². The number of hydrogen-bond acceptors (Lipinski definition) is 2. The maximum absolute atomic E-state index is 12.6. The molecule has 1 aliphatic rings. The second-order valence-corrected chi connectivity index (χ2v) is 5.40. The molecule has 1 aromatic heterocycles. The minimum atomic E-state index is 0.0209. The number of nitrogens with zero attached hydrogens (tertiary/aromatic N) is 3. The molecule has 104 valence electrons. The number of carbonyl (C=O) groups excluding carboxylic acids is 1. The van der Waals surface area contributed by atoms with Gasteiger partial charge in [0.2, 0.25) is 0 Å². The summed E-state index contributed by atoms with van der Waals surface area (Å²) in [6.45, 7) is 0.616. The molecule has 0 saturated carbocycles. The van der Waals surface area contributed by atoms with Gasteiger partial charge in [-0.25, -0.2) is 0 Å². The molecule has 0 fully saturated rings. The molecule has 0 bridgehead atoms. The molecule has 3 rings (SSSR count). The Labute approximate surface area is 119 Å². The smallest absolute Gasteiger partial charge is 0.274 e. The van der Waals surface area contributed by atoms with E-state index < -0.39 is 0 Å². The summed E-state index contributed by atoms with van der Waals surface area (Å²) >= 11 is 0. The van der Waals surface area contributed by atoms with Gasteiger partial charge in [0.1, 0.15) is 0 Å². The molecule has 1 aromatic carbocycles. The zero-order valence-electron chi connectivity index (χ0n) is 12.0. The predicted octanol–water partition coefficient (Wildman–Crippen LogP) is 2.18. The molecule has 2 aromatic rings. The van der Waals surface area contributed by atoms with Crippen molar-refractivity contribution in [1.29, 1.82) is 0 Å². The van der Waals surface area contributed by atoms with E-state index in [4.69, 9.17) is 0 Å². The van der Waals surface area contributed by atoms with E-state index in [1.165, 1.54) is 5.69 Å². The van der Waals surface area contributed by atoms with Crippen LogP contribution in [0.15, 0.2) is 30.3 Å². The molecule has 0 unspecified atom stereocenters. The highest BCUT2D eigenvalue weighted by Gasteiger charge is 2.26. The molecule has 0 radical (unpaired) electrons. The molecular weight excluding hydrogens is 250 g/mol. The molecule has 20 heavy (non-hydrogen) atoms. The summed E-state index contributed by atoms with van der Waals surface area (Å²) < 4.78 is 1.87. The van der Waals surface area contributed by atoms with Crippen LogP contribution < -0.4 is 0 Å². The Hall–Kier alpha value is -2.10. The molecule has 1 amide bonds. The second kappa shape index (κ2) is 5.12. The van der Waals surface area contributed by atoms with Crippen molar-refractivity contribution in [3.8, 4) is 0 Å². The number of aromatic nitrogens is 2. The van der Waals surface area contributed by atoms with E-state index in [0.717, 1.165) is 30.4 Å². The first kappa shape index (κ1) is 12.9. The predicted molar refractivity (Wildman–Crippen MR) is 77.5 cm³/mol. The Morgan fingerprint density at radius 2 is 2.05 bits per heavy atom. The van der Waals surface area contributed by atoms with Crippen LogP contribution in [0.25, 0.3) is 0 Å². The van der Waals surface area contributed by atoms with Crippen LogP contribution in [0.4, 0.5) is 0 Å². The van der Waals surface area contributed by atoms with Crippen LogP contribution in [0, 0.1) is 0 Å². The zero-order valence-corrected chi connectivity index (χ0v) is 12.0. The highest BCUT2D eigenvalue weighted by molar-refractivity contribution is 5.94. The van der Waals surface area contributed by atoms with Gasteiger partial charge in [-0.15, -0.1) is 0 Å². The Morgan fingerprint density at radius 1 is 1.30 bits per heavy atom. The minimum absolute atomic E-state index is 0.0209. The summed E-state index contributed by atoms with van der Waals surface area (Å²) in [6, 6.07) is 10.0. The second-order valence-electron chi connectivity index (χ2n) is 5.40. The summed E-state index contributed by atoms with van der Waals surface area (Å²) in [5, 5.41) is 4.42. The topological polar surface area (TPSA) is 38.1 Å². The van der Waals surface area contributed by atoms with E-state index >= 15 is 0 Å². The number of carbonyl (C=O) groups is 1. The van der Waals surface area contributed by atoms with Crippen LogP contribution in [0.1, 0.15) is 33.7 Å². The van der Waals surface area contributed by atoms with Crippen LogP contribution in [0.2, 0.25) is 0 Å². The monoisotopic (exact) mass is 269 g/mol. The van der Waals surface area contributed by atoms with Gasteiger partial charge in [0, 0.05) is 31.9 Å². The van der Waals surface area contributed by atoms with Gasteiger partial charge in [-0.3, -0.25) is 9.48 Å². The Morgan fingerprint density at radius 3 is 2.80 bits per heavy atom. The zero-order chi connectivity index (χ0) is 14.1. The molecule has 1 aliphatic carbocycles. The maximum atomic E-state index is 12.6. The van der Waals surface area contributed by atoms with Crippen LogP contribution in [0.3, 0.4) is 0 Å². The summed E-state index contributed by atoms with van der Waals surface area (Å²) in [6.07, 6.45) is 3.14. The molecule has 1 heterocycles. The largest absolute Gasteiger partial charge is 0.336 e. The van der Waals surface area contributed by atoms with Gasteiger partial charge in [0.25, 0.3) is 5.91 Å². The SMILES string of the molecule is CN(Cc1ccccc1)C(=O)c1nn(C)c2c1CCC2. The third-order valence-electron chi connectivity index (χ3n) is 3.93. The highest BCUT2D eigenvalue weighted by atomic mass is 16.2. The standard InChI is InChI=1S/C16H19N3O/c1-18(11-12-7-4-3-5-8-12)16(20)15-13-9-6-10-14(13)19(2)17-15/h3-5,7-8H,6,9-11H2,1-2H3. The Bertz CT molecular complexity index is 631. The Balaban J connectivity index is 1.81. The van der Waals surface area contributed by atoms with E-state index in [0.29, 0.717) is 12.2 Å². The lowest BCUT2D eigenvalue weighted by molar-refractivity contribution is 0.0777. The van der Waals surface area contributed by atoms with E-state index in [1.54, 1.807) is 4.90 Å². The lowest BCUT2D eigenvalue weighted by atomic mass is 10.1. The first-order valence-corrected chi connectivity index (χ1v) is 7.01. The quantitative estimate of drug-likeness (QED) is 0.856. The minimum Gasteiger partial charge on any atom is -0.336 e. The van der Waals surface area contributed by atoms with E-state index in [1.807, 2.05) is 49.1 Å². The van der Waals surface area contributed by atoms with Crippen molar-refractivity contribution >= 4 is 5.91 Å². The summed E-state index contributed by atoms with van der Waals surface area (Å²) in [5.74, 6) is 0.0209. The third-order valence-corrected chi connectivity index (χ3v) is 3.93. The fourth-order valence-corrected chi connectivity index (χ4v) is 2.89. The van der Waals surface area contributed by atoms with Crippen LogP contribution in [-0.2, 0) is 26.4 Å². The average molecular weight is 269 g/mol. The van der Waals surface area contributed by atoms with Gasteiger partial charge in [0.05, 0.1) is 0 Å². The van der Waals surface area contributed by atoms with Gasteiger partial charge >= 0.3 is 0 Å². The molecule has 0 saturated heterocycles. The molecule has 4 heteroatoms. The van der Waals surface area contributed by atoms with E-state index in [9.17, 15) is 4.79 Å². The summed E-state index contributed by atoms with van der Waals surface area (Å²) in [5.41, 5.74) is 4.15. The number of aryl methyl sites for hydroxylation is 1. The van der Waals surface area contributed by atoms with Crippen molar-refractivity contribution in [2.45, 2.75) is 25.8 Å². The van der Waals surface area contributed by atoms with Crippen molar-refractivity contribution in [1.82, 2.24) is 14.7 Å². The van der Waals surface area contributed by atoms with E-state index in [-0.39, 0.29) is 5.91 Å².